The molecule has 1 amide bonds. The van der Waals surface area contributed by atoms with E-state index in [0.717, 1.165) is 23.5 Å². The number of carbonyl (C=O) groups excluding carboxylic acids is 1. The number of aromatic nitrogens is 1. The van der Waals surface area contributed by atoms with E-state index >= 15 is 0 Å². The zero-order valence-corrected chi connectivity index (χ0v) is 15.1. The molecule has 0 aliphatic carbocycles. The number of rotatable bonds is 3. The Labute approximate surface area is 160 Å². The molecule has 28 heavy (non-hydrogen) atoms. The number of hydrogen-bond donors (Lipinski definition) is 0. The van der Waals surface area contributed by atoms with Crippen LogP contribution in [0.1, 0.15) is 10.6 Å². The zero-order valence-electron chi connectivity index (χ0n) is 14.3. The van der Waals surface area contributed by atoms with Crippen LogP contribution in [0.3, 0.4) is 0 Å². The van der Waals surface area contributed by atoms with E-state index in [1.54, 1.807) is 24.3 Å². The second kappa shape index (κ2) is 6.97. The lowest BCUT2D eigenvalue weighted by atomic mass is 10.2. The van der Waals surface area contributed by atoms with E-state index in [-0.39, 0.29) is 33.6 Å². The number of nitrogens with zero attached hydrogens (tertiary/aromatic N) is 2. The Morgan fingerprint density at radius 3 is 2.82 bits per heavy atom. The second-order valence-electron chi connectivity index (χ2n) is 5.91. The van der Waals surface area contributed by atoms with Crippen LogP contribution in [0.4, 0.5) is 8.78 Å². The molecule has 0 spiro atoms. The number of fused-ring (bicyclic) bond motifs is 2. The Hall–Kier alpha value is -3.39. The molecule has 0 saturated heterocycles. The van der Waals surface area contributed by atoms with Crippen molar-refractivity contribution in [1.82, 2.24) is 4.57 Å². The van der Waals surface area contributed by atoms with E-state index in [4.69, 9.17) is 4.42 Å². The second-order valence-corrected chi connectivity index (χ2v) is 6.92. The number of halogens is 2. The highest BCUT2D eigenvalue weighted by atomic mass is 32.1. The molecular formula is C20H12F2N2O3S. The summed E-state index contributed by atoms with van der Waals surface area (Å²) in [5.74, 6) is -2.53. The van der Waals surface area contributed by atoms with Gasteiger partial charge in [0.1, 0.15) is 11.4 Å². The predicted octanol–water partition coefficient (Wildman–Crippen LogP) is 4.01. The number of thiazole rings is 1. The molecule has 0 radical (unpaired) electrons. The molecule has 0 fully saturated rings. The van der Waals surface area contributed by atoms with Gasteiger partial charge in [-0.15, -0.1) is 6.58 Å². The van der Waals surface area contributed by atoms with Crippen molar-refractivity contribution in [2.24, 2.45) is 4.99 Å². The lowest BCUT2D eigenvalue weighted by Crippen LogP contribution is -2.17. The molecule has 5 nitrogen and oxygen atoms in total. The molecule has 0 bridgehead atoms. The fourth-order valence-corrected chi connectivity index (χ4v) is 3.94. The van der Waals surface area contributed by atoms with Gasteiger partial charge in [-0.05, 0) is 18.2 Å². The standard InChI is InChI=1S/C20H12F2N2O3S/c1-2-7-24-18-13(22)8-11(21)9-17(18)28-20(24)23-19(26)16-10-14(25)12-5-3-4-6-15(12)27-16/h2-6,8-10H,1,7H2. The highest BCUT2D eigenvalue weighted by Gasteiger charge is 2.15. The van der Waals surface area contributed by atoms with Gasteiger partial charge in [-0.25, -0.2) is 8.78 Å². The number of carbonyl (C=O) groups is 1. The van der Waals surface area contributed by atoms with Crippen molar-refractivity contribution in [3.63, 3.8) is 0 Å². The molecule has 0 unspecified atom stereocenters. The van der Waals surface area contributed by atoms with Crippen molar-refractivity contribution < 1.29 is 18.0 Å². The number of benzene rings is 2. The molecule has 4 rings (SSSR count). The predicted molar refractivity (Wildman–Crippen MR) is 102 cm³/mol. The summed E-state index contributed by atoms with van der Waals surface area (Å²) in [7, 11) is 0. The van der Waals surface area contributed by atoms with Crippen LogP contribution in [0.5, 0.6) is 0 Å². The molecule has 2 aromatic heterocycles. The van der Waals surface area contributed by atoms with E-state index in [2.05, 4.69) is 11.6 Å². The van der Waals surface area contributed by atoms with Crippen molar-refractivity contribution >= 4 is 38.4 Å². The van der Waals surface area contributed by atoms with Gasteiger partial charge in [-0.3, -0.25) is 9.59 Å². The van der Waals surface area contributed by atoms with Crippen LogP contribution in [-0.4, -0.2) is 10.5 Å². The number of amides is 1. The molecular weight excluding hydrogens is 386 g/mol. The molecule has 140 valence electrons. The number of hydrogen-bond acceptors (Lipinski definition) is 4. The monoisotopic (exact) mass is 398 g/mol. The molecule has 0 aliphatic heterocycles. The fraction of sp³-hybridized carbons (Fsp3) is 0.0500. The largest absolute Gasteiger partial charge is 0.451 e. The highest BCUT2D eigenvalue weighted by molar-refractivity contribution is 7.16. The smallest absolute Gasteiger partial charge is 0.315 e. The van der Waals surface area contributed by atoms with Crippen molar-refractivity contribution in [1.29, 1.82) is 0 Å². The van der Waals surface area contributed by atoms with Crippen LogP contribution in [0, 0.1) is 11.6 Å². The summed E-state index contributed by atoms with van der Waals surface area (Å²) in [5.41, 5.74) is 0.0126. The van der Waals surface area contributed by atoms with Gasteiger partial charge in [0.2, 0.25) is 0 Å². The van der Waals surface area contributed by atoms with Crippen LogP contribution < -0.4 is 10.2 Å². The molecule has 0 N–H and O–H groups in total. The Balaban J connectivity index is 1.91. The Bertz CT molecular complexity index is 1380. The summed E-state index contributed by atoms with van der Waals surface area (Å²) in [6, 6.07) is 9.54. The first kappa shape index (κ1) is 18.0. The summed E-state index contributed by atoms with van der Waals surface area (Å²) in [6.45, 7) is 3.78. The summed E-state index contributed by atoms with van der Waals surface area (Å²) in [4.78, 5) is 28.9. The summed E-state index contributed by atoms with van der Waals surface area (Å²) in [6.07, 6.45) is 1.51. The highest BCUT2D eigenvalue weighted by Crippen LogP contribution is 2.22. The summed E-state index contributed by atoms with van der Waals surface area (Å²) < 4.78 is 35.0. The summed E-state index contributed by atoms with van der Waals surface area (Å²) >= 11 is 0.951. The summed E-state index contributed by atoms with van der Waals surface area (Å²) in [5, 5.41) is 0.347. The van der Waals surface area contributed by atoms with E-state index in [1.807, 2.05) is 0 Å². The maximum absolute atomic E-state index is 14.3. The molecule has 2 aromatic carbocycles. The first-order valence-corrected chi connectivity index (χ1v) is 9.01. The van der Waals surface area contributed by atoms with Gasteiger partial charge in [0.25, 0.3) is 0 Å². The first-order valence-electron chi connectivity index (χ1n) is 8.19. The first-order chi connectivity index (χ1) is 13.5. The van der Waals surface area contributed by atoms with Crippen LogP contribution >= 0.6 is 11.3 Å². The van der Waals surface area contributed by atoms with Crippen LogP contribution in [-0.2, 0) is 6.54 Å². The third-order valence-corrected chi connectivity index (χ3v) is 5.07. The quantitative estimate of drug-likeness (QED) is 0.490. The van der Waals surface area contributed by atoms with Gasteiger partial charge in [0.15, 0.2) is 21.8 Å². The van der Waals surface area contributed by atoms with Crippen molar-refractivity contribution in [3.05, 3.63) is 87.5 Å². The van der Waals surface area contributed by atoms with Crippen LogP contribution in [0.15, 0.2) is 69.3 Å². The average Bonchev–Trinajstić information content (AvgIpc) is 2.99. The Kier molecular flexibility index (Phi) is 4.48. The van der Waals surface area contributed by atoms with Gasteiger partial charge < -0.3 is 8.98 Å². The molecule has 4 aromatic rings. The average molecular weight is 398 g/mol. The van der Waals surface area contributed by atoms with E-state index in [0.29, 0.717) is 10.1 Å². The van der Waals surface area contributed by atoms with E-state index in [9.17, 15) is 18.4 Å². The van der Waals surface area contributed by atoms with Gasteiger partial charge in [-0.2, -0.15) is 4.99 Å². The zero-order chi connectivity index (χ0) is 19.8. The lowest BCUT2D eigenvalue weighted by Gasteiger charge is -2.02. The topological polar surface area (TPSA) is 64.6 Å². The number of allylic oxidation sites excluding steroid dienone is 1. The minimum absolute atomic E-state index is 0.123. The van der Waals surface area contributed by atoms with Gasteiger partial charge in [0, 0.05) is 18.7 Å². The maximum Gasteiger partial charge on any atom is 0.315 e. The van der Waals surface area contributed by atoms with Gasteiger partial charge >= 0.3 is 5.91 Å². The van der Waals surface area contributed by atoms with Crippen molar-refractivity contribution in [3.8, 4) is 0 Å². The normalized spacial score (nSPS) is 12.0. The van der Waals surface area contributed by atoms with Crippen LogP contribution in [0.2, 0.25) is 0 Å². The third kappa shape index (κ3) is 3.07. The molecule has 0 saturated carbocycles. The molecule has 2 heterocycles. The van der Waals surface area contributed by atoms with Crippen LogP contribution in [0.25, 0.3) is 21.2 Å². The molecule has 8 heteroatoms. The minimum Gasteiger partial charge on any atom is -0.451 e. The van der Waals surface area contributed by atoms with Crippen molar-refractivity contribution in [2.75, 3.05) is 0 Å². The van der Waals surface area contributed by atoms with Gasteiger partial charge in [-0.1, -0.05) is 29.5 Å². The maximum atomic E-state index is 14.3. The SMILES string of the molecule is C=CCn1c(=NC(=O)c2cc(=O)c3ccccc3o2)sc2cc(F)cc(F)c21. The number of para-hydroxylation sites is 1. The lowest BCUT2D eigenvalue weighted by molar-refractivity contribution is 0.0972. The minimum atomic E-state index is -0.798. The Morgan fingerprint density at radius 1 is 1.25 bits per heavy atom. The van der Waals surface area contributed by atoms with E-state index in [1.165, 1.54) is 16.7 Å². The van der Waals surface area contributed by atoms with Gasteiger partial charge in [0.05, 0.1) is 15.6 Å². The Morgan fingerprint density at radius 2 is 2.04 bits per heavy atom. The van der Waals surface area contributed by atoms with Crippen molar-refractivity contribution in [2.45, 2.75) is 6.54 Å². The molecule has 0 aliphatic rings. The molecule has 0 atom stereocenters. The van der Waals surface area contributed by atoms with E-state index < -0.39 is 17.5 Å². The third-order valence-electron chi connectivity index (χ3n) is 4.05. The fourth-order valence-electron chi connectivity index (χ4n) is 2.86.